The Morgan fingerprint density at radius 2 is 1.95 bits per heavy atom. The molecule has 19 heavy (non-hydrogen) atoms. The van der Waals surface area contributed by atoms with Crippen LogP contribution in [-0.2, 0) is 6.54 Å². The van der Waals surface area contributed by atoms with Crippen molar-refractivity contribution in [2.45, 2.75) is 26.5 Å². The van der Waals surface area contributed by atoms with Gasteiger partial charge in [0.15, 0.2) is 0 Å². The number of anilines is 1. The Bertz CT molecular complexity index is 538. The van der Waals surface area contributed by atoms with Crippen LogP contribution >= 0.6 is 0 Å². The zero-order chi connectivity index (χ0) is 13.8. The highest BCUT2D eigenvalue weighted by atomic mass is 16.3. The number of aromatic nitrogens is 1. The number of aryl methyl sites for hydroxylation is 1. The van der Waals surface area contributed by atoms with Crippen molar-refractivity contribution in [3.05, 3.63) is 59.3 Å². The van der Waals surface area contributed by atoms with Crippen molar-refractivity contribution in [2.24, 2.45) is 0 Å². The summed E-state index contributed by atoms with van der Waals surface area (Å²) in [6.45, 7) is 4.59. The van der Waals surface area contributed by atoms with E-state index in [9.17, 15) is 5.11 Å². The maximum Gasteiger partial charge on any atom is 0.128 e. The van der Waals surface area contributed by atoms with E-state index in [4.69, 9.17) is 0 Å². The first-order valence-electron chi connectivity index (χ1n) is 6.47. The Balaban J connectivity index is 2.16. The molecule has 0 bridgehead atoms. The Morgan fingerprint density at radius 3 is 2.53 bits per heavy atom. The summed E-state index contributed by atoms with van der Waals surface area (Å²) in [6, 6.07) is 12.3. The fourth-order valence-electron chi connectivity index (χ4n) is 2.14. The van der Waals surface area contributed by atoms with Crippen molar-refractivity contribution in [2.75, 3.05) is 11.9 Å². The molecule has 0 amide bonds. The second kappa shape index (κ2) is 5.85. The summed E-state index contributed by atoms with van der Waals surface area (Å²) in [5, 5.41) is 9.62. The molecule has 0 saturated carbocycles. The Morgan fingerprint density at radius 1 is 1.26 bits per heavy atom. The zero-order valence-electron chi connectivity index (χ0n) is 11.7. The first-order chi connectivity index (χ1) is 9.08. The predicted octanol–water partition coefficient (Wildman–Crippen LogP) is 3.08. The van der Waals surface area contributed by atoms with Crippen LogP contribution in [0.4, 0.5) is 5.82 Å². The molecule has 3 heteroatoms. The van der Waals surface area contributed by atoms with E-state index < -0.39 is 6.10 Å². The lowest BCUT2D eigenvalue weighted by Gasteiger charge is -2.20. The molecule has 0 aliphatic carbocycles. The summed E-state index contributed by atoms with van der Waals surface area (Å²) < 4.78 is 0. The van der Waals surface area contributed by atoms with Gasteiger partial charge in [-0.15, -0.1) is 0 Å². The van der Waals surface area contributed by atoms with E-state index in [0.29, 0.717) is 0 Å². The highest BCUT2D eigenvalue weighted by molar-refractivity contribution is 5.43. The van der Waals surface area contributed by atoms with Gasteiger partial charge in [-0.05, 0) is 31.0 Å². The van der Waals surface area contributed by atoms with Gasteiger partial charge in [-0.2, -0.15) is 0 Å². The van der Waals surface area contributed by atoms with E-state index in [1.54, 1.807) is 13.1 Å². The SMILES string of the molecule is Cc1cc(N(C)Cc2ccccc2)ncc1[C@@H](C)O. The molecule has 1 atom stereocenters. The predicted molar refractivity (Wildman–Crippen MR) is 78.2 cm³/mol. The lowest BCUT2D eigenvalue weighted by Crippen LogP contribution is -2.18. The smallest absolute Gasteiger partial charge is 0.128 e. The van der Waals surface area contributed by atoms with Crippen molar-refractivity contribution in [3.63, 3.8) is 0 Å². The van der Waals surface area contributed by atoms with E-state index in [2.05, 4.69) is 22.0 Å². The van der Waals surface area contributed by atoms with E-state index >= 15 is 0 Å². The molecule has 100 valence electrons. The molecule has 0 fully saturated rings. The molecule has 0 radical (unpaired) electrons. The molecule has 1 aromatic carbocycles. The summed E-state index contributed by atoms with van der Waals surface area (Å²) in [4.78, 5) is 6.53. The molecule has 1 aromatic heterocycles. The lowest BCUT2D eigenvalue weighted by molar-refractivity contribution is 0.198. The van der Waals surface area contributed by atoms with Gasteiger partial charge in [0.2, 0.25) is 0 Å². The molecule has 2 aromatic rings. The number of pyridine rings is 1. The lowest BCUT2D eigenvalue weighted by atomic mass is 10.1. The summed E-state index contributed by atoms with van der Waals surface area (Å²) in [5.74, 6) is 0.922. The molecule has 0 saturated heterocycles. The van der Waals surface area contributed by atoms with Crippen molar-refractivity contribution in [1.29, 1.82) is 0 Å². The Hall–Kier alpha value is -1.87. The second-order valence-corrected chi connectivity index (χ2v) is 4.92. The van der Waals surface area contributed by atoms with Gasteiger partial charge < -0.3 is 10.0 Å². The first-order valence-corrected chi connectivity index (χ1v) is 6.47. The van der Waals surface area contributed by atoms with Gasteiger partial charge in [0.05, 0.1) is 6.10 Å². The number of nitrogens with zero attached hydrogens (tertiary/aromatic N) is 2. The zero-order valence-corrected chi connectivity index (χ0v) is 11.7. The maximum absolute atomic E-state index is 9.62. The molecule has 0 aliphatic heterocycles. The van der Waals surface area contributed by atoms with Crippen LogP contribution in [0.5, 0.6) is 0 Å². The molecular weight excluding hydrogens is 236 g/mol. The van der Waals surface area contributed by atoms with Gasteiger partial charge in [-0.3, -0.25) is 0 Å². The standard InChI is InChI=1S/C16H20N2O/c1-12-9-16(17-10-15(12)13(2)19)18(3)11-14-7-5-4-6-8-14/h4-10,13,19H,11H2,1-3H3/t13-/m1/s1. The minimum absolute atomic E-state index is 0.471. The molecule has 0 aliphatic rings. The highest BCUT2D eigenvalue weighted by Crippen LogP contribution is 2.21. The monoisotopic (exact) mass is 256 g/mol. The molecular formula is C16H20N2O. The highest BCUT2D eigenvalue weighted by Gasteiger charge is 2.09. The van der Waals surface area contributed by atoms with E-state index in [1.165, 1.54) is 5.56 Å². The quantitative estimate of drug-likeness (QED) is 0.913. The van der Waals surface area contributed by atoms with Gasteiger partial charge in [0, 0.05) is 25.4 Å². The number of hydrogen-bond donors (Lipinski definition) is 1. The molecule has 3 nitrogen and oxygen atoms in total. The van der Waals surface area contributed by atoms with Crippen molar-refractivity contribution >= 4 is 5.82 Å². The van der Waals surface area contributed by atoms with Crippen LogP contribution in [0.2, 0.25) is 0 Å². The largest absolute Gasteiger partial charge is 0.389 e. The number of aliphatic hydroxyl groups is 1. The van der Waals surface area contributed by atoms with Crippen LogP contribution < -0.4 is 4.90 Å². The van der Waals surface area contributed by atoms with Gasteiger partial charge in [-0.25, -0.2) is 4.98 Å². The van der Waals surface area contributed by atoms with Crippen LogP contribution in [0.15, 0.2) is 42.6 Å². The Kier molecular flexibility index (Phi) is 4.17. The van der Waals surface area contributed by atoms with Crippen molar-refractivity contribution in [1.82, 2.24) is 4.98 Å². The number of hydrogen-bond acceptors (Lipinski definition) is 3. The molecule has 0 unspecified atom stereocenters. The van der Waals surface area contributed by atoms with Gasteiger partial charge in [0.25, 0.3) is 0 Å². The third-order valence-corrected chi connectivity index (χ3v) is 3.24. The van der Waals surface area contributed by atoms with E-state index in [0.717, 1.165) is 23.5 Å². The summed E-state index contributed by atoms with van der Waals surface area (Å²) >= 11 is 0. The third-order valence-electron chi connectivity index (χ3n) is 3.24. The normalized spacial score (nSPS) is 12.2. The Labute approximate surface area is 114 Å². The van der Waals surface area contributed by atoms with Gasteiger partial charge >= 0.3 is 0 Å². The van der Waals surface area contributed by atoms with E-state index in [-0.39, 0.29) is 0 Å². The van der Waals surface area contributed by atoms with Crippen LogP contribution in [0.3, 0.4) is 0 Å². The minimum atomic E-state index is -0.471. The van der Waals surface area contributed by atoms with Crippen molar-refractivity contribution in [3.8, 4) is 0 Å². The van der Waals surface area contributed by atoms with Crippen LogP contribution in [0, 0.1) is 6.92 Å². The summed E-state index contributed by atoms with van der Waals surface area (Å²) in [6.07, 6.45) is 1.29. The molecule has 2 rings (SSSR count). The van der Waals surface area contributed by atoms with Crippen LogP contribution in [0.1, 0.15) is 29.7 Å². The fourth-order valence-corrected chi connectivity index (χ4v) is 2.14. The van der Waals surface area contributed by atoms with Crippen molar-refractivity contribution < 1.29 is 5.11 Å². The van der Waals surface area contributed by atoms with Gasteiger partial charge in [-0.1, -0.05) is 30.3 Å². The fraction of sp³-hybridized carbons (Fsp3) is 0.312. The topological polar surface area (TPSA) is 36.4 Å². The van der Waals surface area contributed by atoms with Gasteiger partial charge in [0.1, 0.15) is 5.82 Å². The third kappa shape index (κ3) is 3.32. The number of rotatable bonds is 4. The average molecular weight is 256 g/mol. The summed E-state index contributed by atoms with van der Waals surface area (Å²) in [5.41, 5.74) is 3.21. The first kappa shape index (κ1) is 13.6. The molecule has 1 N–H and O–H groups in total. The summed E-state index contributed by atoms with van der Waals surface area (Å²) in [7, 11) is 2.02. The number of aliphatic hydroxyl groups excluding tert-OH is 1. The van der Waals surface area contributed by atoms with Crippen LogP contribution in [-0.4, -0.2) is 17.1 Å². The second-order valence-electron chi connectivity index (χ2n) is 4.92. The minimum Gasteiger partial charge on any atom is -0.389 e. The molecule has 0 spiro atoms. The molecule has 1 heterocycles. The average Bonchev–Trinajstić information content (AvgIpc) is 2.39. The van der Waals surface area contributed by atoms with E-state index in [1.807, 2.05) is 38.2 Å². The number of benzene rings is 1. The van der Waals surface area contributed by atoms with Crippen LogP contribution in [0.25, 0.3) is 0 Å². The maximum atomic E-state index is 9.62.